The Morgan fingerprint density at radius 2 is 1.65 bits per heavy atom. The second-order valence-electron chi connectivity index (χ2n) is 7.13. The molecular formula is C20H30N2O4. The number of carbonyl (C=O) groups excluding carboxylic acids is 2. The van der Waals surface area contributed by atoms with Crippen molar-refractivity contribution in [3.05, 3.63) is 29.8 Å². The molecule has 0 bridgehead atoms. The molecule has 0 aliphatic heterocycles. The van der Waals surface area contributed by atoms with E-state index in [-0.39, 0.29) is 11.9 Å². The van der Waals surface area contributed by atoms with Gasteiger partial charge in [0.25, 0.3) is 0 Å². The number of rotatable bonds is 8. The molecule has 0 fully saturated rings. The van der Waals surface area contributed by atoms with Gasteiger partial charge in [-0.3, -0.25) is 9.59 Å². The molecule has 0 spiro atoms. The molecule has 0 saturated carbocycles. The summed E-state index contributed by atoms with van der Waals surface area (Å²) in [5, 5.41) is 12.6. The van der Waals surface area contributed by atoms with Crippen LogP contribution in [0.3, 0.4) is 0 Å². The molecule has 0 saturated heterocycles. The third-order valence-corrected chi connectivity index (χ3v) is 4.05. The predicted octanol–water partition coefficient (Wildman–Crippen LogP) is 3.86. The number of nitrogens with zero attached hydrogens (tertiary/aromatic N) is 2. The van der Waals surface area contributed by atoms with E-state index in [0.29, 0.717) is 43.8 Å². The molecule has 0 radical (unpaired) electrons. The second-order valence-corrected chi connectivity index (χ2v) is 7.13. The van der Waals surface area contributed by atoms with Gasteiger partial charge in [0.1, 0.15) is 5.75 Å². The van der Waals surface area contributed by atoms with Crippen LogP contribution >= 0.6 is 0 Å². The van der Waals surface area contributed by atoms with Crippen molar-refractivity contribution < 1.29 is 19.5 Å². The first-order valence-electron chi connectivity index (χ1n) is 9.04. The van der Waals surface area contributed by atoms with Gasteiger partial charge in [-0.25, -0.2) is 0 Å². The molecule has 1 aromatic carbocycles. The van der Waals surface area contributed by atoms with Crippen molar-refractivity contribution in [3.8, 4) is 5.75 Å². The SMILES string of the molecule is CCN(CC)C(=O)CCCC(=NO)c1ccc(OC(=O)C(C)(C)C)cc1. The van der Waals surface area contributed by atoms with Crippen molar-refractivity contribution in [1.29, 1.82) is 0 Å². The average molecular weight is 362 g/mol. The summed E-state index contributed by atoms with van der Waals surface area (Å²) in [4.78, 5) is 25.7. The van der Waals surface area contributed by atoms with Crippen LogP contribution in [0, 0.1) is 5.41 Å². The summed E-state index contributed by atoms with van der Waals surface area (Å²) in [6.45, 7) is 10.7. The fourth-order valence-corrected chi connectivity index (χ4v) is 2.37. The molecule has 6 heteroatoms. The molecule has 1 amide bonds. The summed E-state index contributed by atoms with van der Waals surface area (Å²) in [6, 6.07) is 6.83. The highest BCUT2D eigenvalue weighted by Gasteiger charge is 2.23. The minimum Gasteiger partial charge on any atom is -0.426 e. The molecular weight excluding hydrogens is 332 g/mol. The Labute approximate surface area is 155 Å². The van der Waals surface area contributed by atoms with Crippen LogP contribution in [0.2, 0.25) is 0 Å². The Kier molecular flexibility index (Phi) is 8.29. The number of amides is 1. The van der Waals surface area contributed by atoms with E-state index in [2.05, 4.69) is 5.16 Å². The standard InChI is InChI=1S/C20H30N2O4/c1-6-22(7-2)18(23)10-8-9-17(21-25)15-11-13-16(14-12-15)26-19(24)20(3,4)5/h11-14,25H,6-10H2,1-5H3. The van der Waals surface area contributed by atoms with E-state index < -0.39 is 5.41 Å². The van der Waals surface area contributed by atoms with E-state index in [4.69, 9.17) is 4.74 Å². The normalized spacial score (nSPS) is 12.0. The van der Waals surface area contributed by atoms with Gasteiger partial charge >= 0.3 is 5.97 Å². The van der Waals surface area contributed by atoms with E-state index in [9.17, 15) is 14.8 Å². The van der Waals surface area contributed by atoms with Crippen LogP contribution in [0.1, 0.15) is 59.4 Å². The van der Waals surface area contributed by atoms with Crippen LogP contribution < -0.4 is 4.74 Å². The van der Waals surface area contributed by atoms with Crippen molar-refractivity contribution >= 4 is 17.6 Å². The van der Waals surface area contributed by atoms with E-state index in [1.54, 1.807) is 49.9 Å². The number of ether oxygens (including phenoxy) is 1. The van der Waals surface area contributed by atoms with E-state index in [1.165, 1.54) is 0 Å². The summed E-state index contributed by atoms with van der Waals surface area (Å²) in [6.07, 6.45) is 1.52. The van der Waals surface area contributed by atoms with Crippen LogP contribution in [0.15, 0.2) is 29.4 Å². The zero-order chi connectivity index (χ0) is 19.7. The molecule has 0 aromatic heterocycles. The van der Waals surface area contributed by atoms with Gasteiger partial charge in [-0.05, 0) is 77.3 Å². The van der Waals surface area contributed by atoms with Gasteiger partial charge in [-0.1, -0.05) is 5.16 Å². The topological polar surface area (TPSA) is 79.2 Å². The van der Waals surface area contributed by atoms with Crippen LogP contribution in [0.25, 0.3) is 0 Å². The first kappa shape index (κ1) is 21.7. The molecule has 26 heavy (non-hydrogen) atoms. The summed E-state index contributed by atoms with van der Waals surface area (Å²) < 4.78 is 5.32. The lowest BCUT2D eigenvalue weighted by Crippen LogP contribution is -2.30. The van der Waals surface area contributed by atoms with Gasteiger partial charge in [0.2, 0.25) is 5.91 Å². The quantitative estimate of drug-likeness (QED) is 0.250. The maximum Gasteiger partial charge on any atom is 0.316 e. The minimum absolute atomic E-state index is 0.108. The zero-order valence-electron chi connectivity index (χ0n) is 16.4. The van der Waals surface area contributed by atoms with Crippen molar-refractivity contribution in [2.75, 3.05) is 13.1 Å². The van der Waals surface area contributed by atoms with E-state index >= 15 is 0 Å². The van der Waals surface area contributed by atoms with Crippen LogP contribution in [-0.2, 0) is 9.59 Å². The lowest BCUT2D eigenvalue weighted by atomic mass is 9.97. The maximum atomic E-state index is 12.0. The first-order chi connectivity index (χ1) is 12.2. The summed E-state index contributed by atoms with van der Waals surface area (Å²) in [5.74, 6) is 0.246. The second kappa shape index (κ2) is 9.94. The molecule has 1 aromatic rings. The highest BCUT2D eigenvalue weighted by molar-refractivity contribution is 6.00. The monoisotopic (exact) mass is 362 g/mol. The molecule has 1 N–H and O–H groups in total. The van der Waals surface area contributed by atoms with Crippen molar-refractivity contribution in [2.24, 2.45) is 10.6 Å². The highest BCUT2D eigenvalue weighted by atomic mass is 16.5. The molecule has 1 rings (SSSR count). The smallest absolute Gasteiger partial charge is 0.316 e. The van der Waals surface area contributed by atoms with E-state index in [1.807, 2.05) is 13.8 Å². The third-order valence-electron chi connectivity index (χ3n) is 4.05. The predicted molar refractivity (Wildman–Crippen MR) is 102 cm³/mol. The summed E-state index contributed by atoms with van der Waals surface area (Å²) in [5.41, 5.74) is 0.665. The Hall–Kier alpha value is -2.37. The molecule has 0 aliphatic carbocycles. The number of hydrogen-bond donors (Lipinski definition) is 1. The Morgan fingerprint density at radius 1 is 1.08 bits per heavy atom. The fourth-order valence-electron chi connectivity index (χ4n) is 2.37. The van der Waals surface area contributed by atoms with E-state index in [0.717, 1.165) is 5.56 Å². The Balaban J connectivity index is 2.63. The molecule has 144 valence electrons. The average Bonchev–Trinajstić information content (AvgIpc) is 2.60. The summed E-state index contributed by atoms with van der Waals surface area (Å²) >= 11 is 0. The summed E-state index contributed by atoms with van der Waals surface area (Å²) in [7, 11) is 0. The number of oxime groups is 1. The van der Waals surface area contributed by atoms with Crippen molar-refractivity contribution in [3.63, 3.8) is 0 Å². The number of hydrogen-bond acceptors (Lipinski definition) is 5. The van der Waals surface area contributed by atoms with Crippen molar-refractivity contribution in [1.82, 2.24) is 4.90 Å². The maximum absolute atomic E-state index is 12.0. The Morgan fingerprint density at radius 3 is 2.12 bits per heavy atom. The largest absolute Gasteiger partial charge is 0.426 e. The zero-order valence-corrected chi connectivity index (χ0v) is 16.4. The number of benzene rings is 1. The van der Waals surface area contributed by atoms with Gasteiger partial charge in [-0.2, -0.15) is 0 Å². The minimum atomic E-state index is -0.576. The lowest BCUT2D eigenvalue weighted by molar-refractivity contribution is -0.143. The molecule has 6 nitrogen and oxygen atoms in total. The molecule has 0 aliphatic rings. The highest BCUT2D eigenvalue weighted by Crippen LogP contribution is 2.20. The number of esters is 1. The number of carbonyl (C=O) groups is 2. The van der Waals surface area contributed by atoms with Gasteiger partial charge < -0.3 is 14.8 Å². The lowest BCUT2D eigenvalue weighted by Gasteiger charge is -2.18. The van der Waals surface area contributed by atoms with Gasteiger partial charge in [0.05, 0.1) is 11.1 Å². The molecule has 0 unspecified atom stereocenters. The Bertz CT molecular complexity index is 626. The van der Waals surface area contributed by atoms with Crippen molar-refractivity contribution in [2.45, 2.75) is 53.9 Å². The molecule has 0 atom stereocenters. The van der Waals surface area contributed by atoms with Gasteiger partial charge in [0.15, 0.2) is 0 Å². The van der Waals surface area contributed by atoms with Gasteiger partial charge in [0, 0.05) is 19.5 Å². The van der Waals surface area contributed by atoms with Crippen LogP contribution in [0.5, 0.6) is 5.75 Å². The third kappa shape index (κ3) is 6.50. The molecule has 0 heterocycles. The van der Waals surface area contributed by atoms with Crippen LogP contribution in [-0.4, -0.2) is 40.8 Å². The van der Waals surface area contributed by atoms with Gasteiger partial charge in [-0.15, -0.1) is 0 Å². The first-order valence-corrected chi connectivity index (χ1v) is 9.04. The van der Waals surface area contributed by atoms with Crippen LogP contribution in [0.4, 0.5) is 0 Å². The fraction of sp³-hybridized carbons (Fsp3) is 0.550.